The van der Waals surface area contributed by atoms with Crippen LogP contribution in [0.2, 0.25) is 5.02 Å². The van der Waals surface area contributed by atoms with E-state index in [9.17, 15) is 24.6 Å². The lowest BCUT2D eigenvalue weighted by Crippen LogP contribution is -2.66. The van der Waals surface area contributed by atoms with Gasteiger partial charge in [-0.1, -0.05) is 91.6 Å². The monoisotopic (exact) mass is 751 g/mol. The second-order valence-electron chi connectivity index (χ2n) is 20.1. The molecule has 7 nitrogen and oxygen atoms in total. The molecule has 0 aliphatic heterocycles. The summed E-state index contributed by atoms with van der Waals surface area (Å²) in [5, 5.41) is 25.8. The minimum Gasteiger partial charge on any atom is -0.462 e. The highest BCUT2D eigenvalue weighted by atomic mass is 35.5. The lowest BCUT2D eigenvalue weighted by Gasteiger charge is -2.72. The van der Waals surface area contributed by atoms with Gasteiger partial charge in [-0.25, -0.2) is 0 Å². The summed E-state index contributed by atoms with van der Waals surface area (Å²) in [4.78, 5) is 39.6. The molecule has 4 fully saturated rings. The number of Topliss-reactive ketones (excluding diaryl/α,β-unsaturated/α-hetero) is 2. The summed E-state index contributed by atoms with van der Waals surface area (Å²) in [5.74, 6) is 0.746. The predicted octanol–water partition coefficient (Wildman–Crippen LogP) is 8.66. The van der Waals surface area contributed by atoms with E-state index in [4.69, 9.17) is 16.3 Å². The minimum atomic E-state index is -0.962. The third-order valence-corrected chi connectivity index (χ3v) is 16.6. The number of aliphatic hydroxyl groups excluding tert-OH is 2. The number of benzene rings is 1. The molecule has 53 heavy (non-hydrogen) atoms. The molecule has 0 heterocycles. The molecule has 0 radical (unpaired) electrons. The Balaban J connectivity index is 1.25. The molecule has 0 aromatic heterocycles. The number of ether oxygens (including phenoxy) is 1. The molecule has 0 bridgehead atoms. The smallest absolute Gasteiger partial charge is 0.307 e. The lowest BCUT2D eigenvalue weighted by molar-refractivity contribution is -0.235. The zero-order valence-corrected chi connectivity index (χ0v) is 34.6. The van der Waals surface area contributed by atoms with Gasteiger partial charge in [0.05, 0.1) is 12.5 Å². The van der Waals surface area contributed by atoms with Crippen LogP contribution >= 0.6 is 11.6 Å². The van der Waals surface area contributed by atoms with Gasteiger partial charge in [-0.3, -0.25) is 14.4 Å². The fourth-order valence-electron chi connectivity index (χ4n) is 13.3. The van der Waals surface area contributed by atoms with Crippen LogP contribution in [-0.4, -0.2) is 53.1 Å². The standard InChI is InChI=1S/C45H66ClNO6/c1-27(2)38-31(49)22-45(34(50)25-47-24-28-11-10-12-29(46)21-28)20-19-43(8)30(39(38)45)13-14-33-42(7)17-16-36(41(5,6)32(42)15-18-44(33,43)9)53-37(52)23-40(3,4)35(51)26-48/h10-12,21,27,30,32-34,36,47-48,50H,13-20,22-26H2,1-9H3/t30-,32+,33-,34-,36+,42+,43-,44-,45+/m1/s1. The summed E-state index contributed by atoms with van der Waals surface area (Å²) in [7, 11) is 0. The van der Waals surface area contributed by atoms with Crippen molar-refractivity contribution in [2.45, 2.75) is 145 Å². The molecule has 5 aliphatic carbocycles. The first-order valence-corrected chi connectivity index (χ1v) is 20.8. The number of halogens is 1. The first-order valence-electron chi connectivity index (χ1n) is 20.4. The van der Waals surface area contributed by atoms with E-state index in [2.05, 4.69) is 53.8 Å². The van der Waals surface area contributed by atoms with Crippen LogP contribution < -0.4 is 5.32 Å². The van der Waals surface area contributed by atoms with Gasteiger partial charge in [-0.2, -0.15) is 0 Å². The van der Waals surface area contributed by atoms with Crippen molar-refractivity contribution >= 4 is 29.1 Å². The van der Waals surface area contributed by atoms with Crippen LogP contribution in [0.15, 0.2) is 35.4 Å². The van der Waals surface area contributed by atoms with Gasteiger partial charge in [-0.05, 0) is 115 Å². The molecular weight excluding hydrogens is 686 g/mol. The van der Waals surface area contributed by atoms with Crippen molar-refractivity contribution in [1.82, 2.24) is 5.32 Å². The number of carbonyl (C=O) groups is 3. The number of fused-ring (bicyclic) bond motifs is 7. The van der Waals surface area contributed by atoms with Crippen LogP contribution in [0.5, 0.6) is 0 Å². The van der Waals surface area contributed by atoms with Gasteiger partial charge in [0.15, 0.2) is 11.6 Å². The maximum absolute atomic E-state index is 14.0. The molecule has 1 aromatic rings. The normalized spacial score (nSPS) is 37.0. The minimum absolute atomic E-state index is 0.0142. The Labute approximate surface area is 323 Å². The molecule has 3 N–H and O–H groups in total. The van der Waals surface area contributed by atoms with Gasteiger partial charge in [0.25, 0.3) is 0 Å². The highest BCUT2D eigenvalue weighted by Gasteiger charge is 2.70. The van der Waals surface area contributed by atoms with Crippen LogP contribution in [0.25, 0.3) is 0 Å². The molecule has 6 rings (SSSR count). The lowest BCUT2D eigenvalue weighted by atomic mass is 9.33. The topological polar surface area (TPSA) is 113 Å². The maximum Gasteiger partial charge on any atom is 0.307 e. The highest BCUT2D eigenvalue weighted by Crippen LogP contribution is 2.77. The van der Waals surface area contributed by atoms with Crippen molar-refractivity contribution in [3.05, 3.63) is 46.0 Å². The molecule has 294 valence electrons. The molecule has 0 spiro atoms. The van der Waals surface area contributed by atoms with Crippen LogP contribution in [-0.2, 0) is 25.7 Å². The van der Waals surface area contributed by atoms with E-state index in [-0.39, 0.29) is 63.6 Å². The van der Waals surface area contributed by atoms with Crippen molar-refractivity contribution in [3.63, 3.8) is 0 Å². The van der Waals surface area contributed by atoms with Gasteiger partial charge in [-0.15, -0.1) is 0 Å². The quantitative estimate of drug-likeness (QED) is 0.194. The van der Waals surface area contributed by atoms with Gasteiger partial charge in [0.2, 0.25) is 0 Å². The third kappa shape index (κ3) is 6.49. The van der Waals surface area contributed by atoms with E-state index in [0.717, 1.165) is 62.5 Å². The summed E-state index contributed by atoms with van der Waals surface area (Å²) in [6.07, 6.45) is 7.32. The first-order chi connectivity index (χ1) is 24.7. The van der Waals surface area contributed by atoms with Crippen LogP contribution in [0.4, 0.5) is 0 Å². The third-order valence-electron chi connectivity index (χ3n) is 16.4. The Bertz CT molecular complexity index is 1650. The van der Waals surface area contributed by atoms with E-state index in [1.54, 1.807) is 13.8 Å². The molecule has 0 unspecified atom stereocenters. The van der Waals surface area contributed by atoms with Crippen LogP contribution in [0, 0.1) is 56.2 Å². The molecule has 9 atom stereocenters. The van der Waals surface area contributed by atoms with Gasteiger partial charge in [0.1, 0.15) is 12.7 Å². The van der Waals surface area contributed by atoms with Crippen LogP contribution in [0.3, 0.4) is 0 Å². The number of hydrogen-bond donors (Lipinski definition) is 3. The Morgan fingerprint density at radius 2 is 1.70 bits per heavy atom. The molecule has 4 saturated carbocycles. The number of aliphatic hydroxyl groups is 2. The molecule has 1 aromatic carbocycles. The van der Waals surface area contributed by atoms with Crippen molar-refractivity contribution in [2.24, 2.45) is 56.2 Å². The highest BCUT2D eigenvalue weighted by molar-refractivity contribution is 6.30. The summed E-state index contributed by atoms with van der Waals surface area (Å²) in [5.41, 5.74) is 1.72. The largest absolute Gasteiger partial charge is 0.462 e. The SMILES string of the molecule is CC(C)C1=C2[C@H]3CC[C@@H]4[C@@]5(C)CC[C@H](OC(=O)CC(C)(C)C(=O)CO)C(C)(C)[C@@H]5CC[C@@]4(C)[C@]3(C)CC[C@@]2([C@H](O)CNCc2cccc(Cl)c2)CC1=O. The Kier molecular flexibility index (Phi) is 10.8. The van der Waals surface area contributed by atoms with E-state index in [1.807, 2.05) is 24.3 Å². The fourth-order valence-corrected chi connectivity index (χ4v) is 13.6. The van der Waals surface area contributed by atoms with Gasteiger partial charge in [0, 0.05) is 40.8 Å². The molecule has 5 aliphatic rings. The Morgan fingerprint density at radius 1 is 0.981 bits per heavy atom. The predicted molar refractivity (Wildman–Crippen MR) is 209 cm³/mol. The van der Waals surface area contributed by atoms with Gasteiger partial charge >= 0.3 is 5.97 Å². The van der Waals surface area contributed by atoms with Crippen molar-refractivity contribution in [3.8, 4) is 0 Å². The summed E-state index contributed by atoms with van der Waals surface area (Å²) >= 11 is 6.24. The Morgan fingerprint density at radius 3 is 2.36 bits per heavy atom. The number of allylic oxidation sites excluding steroid dienone is 1. The number of carbonyl (C=O) groups excluding carboxylic acids is 3. The van der Waals surface area contributed by atoms with Crippen molar-refractivity contribution in [2.75, 3.05) is 13.2 Å². The average Bonchev–Trinajstić information content (AvgIpc) is 3.39. The fraction of sp³-hybridized carbons (Fsp3) is 0.756. The maximum atomic E-state index is 14.0. The Hall–Kier alpha value is -2.06. The second-order valence-corrected chi connectivity index (χ2v) is 20.5. The molecular formula is C45H66ClNO6. The van der Waals surface area contributed by atoms with E-state index >= 15 is 0 Å². The van der Waals surface area contributed by atoms with E-state index in [0.29, 0.717) is 36.4 Å². The number of esters is 1. The average molecular weight is 752 g/mol. The number of rotatable bonds is 11. The second kappa shape index (κ2) is 14.2. The zero-order chi connectivity index (χ0) is 38.9. The van der Waals surface area contributed by atoms with E-state index < -0.39 is 23.5 Å². The summed E-state index contributed by atoms with van der Waals surface area (Å²) in [6.45, 7) is 20.4. The molecule has 0 amide bonds. The number of nitrogens with one attached hydrogen (secondary N) is 1. The zero-order valence-electron chi connectivity index (χ0n) is 33.9. The number of ketones is 2. The summed E-state index contributed by atoms with van der Waals surface area (Å²) < 4.78 is 6.24. The van der Waals surface area contributed by atoms with Crippen molar-refractivity contribution in [1.29, 1.82) is 0 Å². The first kappa shape index (κ1) is 40.6. The molecule has 0 saturated heterocycles. The van der Waals surface area contributed by atoms with Gasteiger partial charge < -0.3 is 20.3 Å². The number of hydrogen-bond acceptors (Lipinski definition) is 7. The van der Waals surface area contributed by atoms with E-state index in [1.165, 1.54) is 5.57 Å². The molecule has 8 heteroatoms. The van der Waals surface area contributed by atoms with Crippen LogP contribution in [0.1, 0.15) is 132 Å². The van der Waals surface area contributed by atoms with Crippen molar-refractivity contribution < 1.29 is 29.3 Å². The summed E-state index contributed by atoms with van der Waals surface area (Å²) in [6, 6.07) is 7.80.